The van der Waals surface area contributed by atoms with Crippen molar-refractivity contribution >= 4 is 27.5 Å². The maximum absolute atomic E-state index is 13.6. The van der Waals surface area contributed by atoms with Crippen LogP contribution in [0.2, 0.25) is 0 Å². The van der Waals surface area contributed by atoms with E-state index in [4.69, 9.17) is 4.74 Å². The number of imidazole rings is 1. The zero-order valence-corrected chi connectivity index (χ0v) is 23.8. The molecule has 2 N–H and O–H groups in total. The number of aliphatic hydroxyl groups is 1. The van der Waals surface area contributed by atoms with Gasteiger partial charge in [-0.05, 0) is 30.7 Å². The molecular formula is C28H35N5O6S. The Bertz CT molecular complexity index is 1460. The number of amides is 2. The Balaban J connectivity index is 1.61. The number of ether oxygens (including phenoxy) is 1. The summed E-state index contributed by atoms with van der Waals surface area (Å²) in [6.07, 6.45) is 2.40. The second-order valence-electron chi connectivity index (χ2n) is 10.2. The van der Waals surface area contributed by atoms with Gasteiger partial charge in [-0.15, -0.1) is 0 Å². The number of aromatic nitrogens is 2. The van der Waals surface area contributed by atoms with Crippen LogP contribution < -0.4 is 10.1 Å². The molecule has 2 aromatic carbocycles. The molecule has 214 valence electrons. The predicted molar refractivity (Wildman–Crippen MR) is 149 cm³/mol. The molecule has 0 radical (unpaired) electrons. The number of benzene rings is 2. The lowest BCUT2D eigenvalue weighted by molar-refractivity contribution is -0.115. The first-order chi connectivity index (χ1) is 19.0. The standard InChI is InChI=1S/C28H35N5O6S/c1-19-14-33(20(2)17-34)28(36)23-13-22(30-26(35)12-21-8-6-5-7-9-21)10-11-24(23)39-25(19)15-32(4)40(37,38)27-16-31(3)18-29-27/h5-11,13,16,18-20,25,34H,12,14-15,17H2,1-4H3,(H,30,35)/t19-,20+,25+/m0/s1. The number of hydrogen-bond donors (Lipinski definition) is 2. The van der Waals surface area contributed by atoms with Crippen LogP contribution in [-0.2, 0) is 28.3 Å². The maximum Gasteiger partial charge on any atom is 0.261 e. The van der Waals surface area contributed by atoms with Gasteiger partial charge >= 0.3 is 0 Å². The van der Waals surface area contributed by atoms with Gasteiger partial charge in [0.15, 0.2) is 5.03 Å². The molecule has 11 nitrogen and oxygen atoms in total. The first-order valence-corrected chi connectivity index (χ1v) is 14.4. The first kappa shape index (κ1) is 29.2. The van der Waals surface area contributed by atoms with Crippen LogP contribution in [0.15, 0.2) is 66.1 Å². The second-order valence-corrected chi connectivity index (χ2v) is 12.2. The van der Waals surface area contributed by atoms with Crippen molar-refractivity contribution in [3.05, 3.63) is 72.2 Å². The van der Waals surface area contributed by atoms with Crippen LogP contribution in [0.4, 0.5) is 5.69 Å². The highest BCUT2D eigenvalue weighted by molar-refractivity contribution is 7.89. The molecule has 12 heteroatoms. The fourth-order valence-electron chi connectivity index (χ4n) is 4.54. The van der Waals surface area contributed by atoms with Gasteiger partial charge in [-0.2, -0.15) is 4.31 Å². The summed E-state index contributed by atoms with van der Waals surface area (Å²) in [6, 6.07) is 13.6. The Morgan fingerprint density at radius 3 is 2.62 bits per heavy atom. The van der Waals surface area contributed by atoms with Gasteiger partial charge in [-0.1, -0.05) is 37.3 Å². The number of carbonyl (C=O) groups excluding carboxylic acids is 2. The van der Waals surface area contributed by atoms with E-state index in [0.717, 1.165) is 5.56 Å². The zero-order valence-electron chi connectivity index (χ0n) is 23.0. The van der Waals surface area contributed by atoms with Crippen molar-refractivity contribution in [1.29, 1.82) is 0 Å². The highest BCUT2D eigenvalue weighted by atomic mass is 32.2. The van der Waals surface area contributed by atoms with Gasteiger partial charge in [0.25, 0.3) is 15.9 Å². The molecule has 0 saturated carbocycles. The van der Waals surface area contributed by atoms with Gasteiger partial charge in [0, 0.05) is 38.4 Å². The van der Waals surface area contributed by atoms with Crippen molar-refractivity contribution in [1.82, 2.24) is 18.8 Å². The van der Waals surface area contributed by atoms with E-state index in [2.05, 4.69) is 10.3 Å². The summed E-state index contributed by atoms with van der Waals surface area (Å²) < 4.78 is 35.3. The number of anilines is 1. The molecule has 3 atom stereocenters. The minimum Gasteiger partial charge on any atom is -0.488 e. The molecule has 0 aliphatic carbocycles. The lowest BCUT2D eigenvalue weighted by Crippen LogP contribution is -2.50. The number of fused-ring (bicyclic) bond motifs is 1. The molecule has 1 aromatic heterocycles. The quantitative estimate of drug-likeness (QED) is 0.403. The van der Waals surface area contributed by atoms with Gasteiger partial charge in [0.1, 0.15) is 11.9 Å². The van der Waals surface area contributed by atoms with E-state index in [1.807, 2.05) is 37.3 Å². The molecule has 0 saturated heterocycles. The summed E-state index contributed by atoms with van der Waals surface area (Å²) >= 11 is 0. The third-order valence-electron chi connectivity index (χ3n) is 6.95. The van der Waals surface area contributed by atoms with Crippen molar-refractivity contribution in [3.63, 3.8) is 0 Å². The number of aryl methyl sites for hydroxylation is 1. The number of hydrogen-bond acceptors (Lipinski definition) is 7. The number of likely N-dealkylation sites (N-methyl/N-ethyl adjacent to an activating group) is 1. The van der Waals surface area contributed by atoms with Crippen LogP contribution in [0, 0.1) is 5.92 Å². The number of nitrogens with one attached hydrogen (secondary N) is 1. The van der Waals surface area contributed by atoms with Gasteiger partial charge in [-0.3, -0.25) is 9.59 Å². The third-order valence-corrected chi connectivity index (χ3v) is 8.66. The Morgan fingerprint density at radius 1 is 1.25 bits per heavy atom. The lowest BCUT2D eigenvalue weighted by atomic mass is 9.99. The van der Waals surface area contributed by atoms with E-state index in [0.29, 0.717) is 5.69 Å². The van der Waals surface area contributed by atoms with Crippen molar-refractivity contribution in [3.8, 4) is 5.75 Å². The minimum absolute atomic E-state index is 0.00458. The molecular weight excluding hydrogens is 534 g/mol. The molecule has 0 spiro atoms. The van der Waals surface area contributed by atoms with Crippen LogP contribution in [0.5, 0.6) is 5.75 Å². The van der Waals surface area contributed by atoms with Crippen LogP contribution >= 0.6 is 0 Å². The summed E-state index contributed by atoms with van der Waals surface area (Å²) in [5, 5.41) is 12.6. The average Bonchev–Trinajstić information content (AvgIpc) is 3.38. The number of carbonyl (C=O) groups is 2. The molecule has 0 fully saturated rings. The molecule has 0 unspecified atom stereocenters. The molecule has 4 rings (SSSR count). The summed E-state index contributed by atoms with van der Waals surface area (Å²) in [5.74, 6) is -0.603. The molecule has 2 heterocycles. The first-order valence-electron chi connectivity index (χ1n) is 13.0. The fraction of sp³-hybridized carbons (Fsp3) is 0.393. The fourth-order valence-corrected chi connectivity index (χ4v) is 5.68. The third kappa shape index (κ3) is 6.52. The predicted octanol–water partition coefficient (Wildman–Crippen LogP) is 2.14. The van der Waals surface area contributed by atoms with E-state index in [-0.39, 0.29) is 60.2 Å². The van der Waals surface area contributed by atoms with Crippen molar-refractivity contribution < 1.29 is 27.9 Å². The number of rotatable bonds is 9. The summed E-state index contributed by atoms with van der Waals surface area (Å²) in [6.45, 7) is 3.60. The van der Waals surface area contributed by atoms with Crippen LogP contribution in [0.1, 0.15) is 29.8 Å². The molecule has 1 aliphatic heterocycles. The molecule has 0 bridgehead atoms. The summed E-state index contributed by atoms with van der Waals surface area (Å²) in [4.78, 5) is 31.8. The number of aliphatic hydroxyl groups excluding tert-OH is 1. The van der Waals surface area contributed by atoms with E-state index in [1.165, 1.54) is 23.9 Å². The SMILES string of the molecule is C[C@H](CO)N1C[C@H](C)[C@@H](CN(C)S(=O)(=O)c2cn(C)cn2)Oc2ccc(NC(=O)Cc3ccccc3)cc2C1=O. The van der Waals surface area contributed by atoms with Gasteiger partial charge in [0.2, 0.25) is 5.91 Å². The number of nitrogens with zero attached hydrogens (tertiary/aromatic N) is 4. The van der Waals surface area contributed by atoms with Crippen LogP contribution in [0.3, 0.4) is 0 Å². The van der Waals surface area contributed by atoms with E-state index < -0.39 is 22.2 Å². The Morgan fingerprint density at radius 2 is 1.98 bits per heavy atom. The Hall–Kier alpha value is -3.74. The average molecular weight is 570 g/mol. The maximum atomic E-state index is 13.6. The Kier molecular flexibility index (Phi) is 8.92. The van der Waals surface area contributed by atoms with Crippen molar-refractivity contribution in [2.45, 2.75) is 37.4 Å². The van der Waals surface area contributed by atoms with Gasteiger partial charge < -0.3 is 24.6 Å². The minimum atomic E-state index is -3.88. The number of sulfonamides is 1. The molecule has 3 aromatic rings. The second kappa shape index (κ2) is 12.2. The normalized spacial score (nSPS) is 18.4. The topological polar surface area (TPSA) is 134 Å². The van der Waals surface area contributed by atoms with E-state index in [1.54, 1.807) is 41.6 Å². The summed E-state index contributed by atoms with van der Waals surface area (Å²) in [5.41, 5.74) is 1.49. The molecule has 40 heavy (non-hydrogen) atoms. The van der Waals surface area contributed by atoms with Crippen molar-refractivity contribution in [2.24, 2.45) is 13.0 Å². The largest absolute Gasteiger partial charge is 0.488 e. The van der Waals surface area contributed by atoms with Crippen LogP contribution in [0.25, 0.3) is 0 Å². The van der Waals surface area contributed by atoms with E-state index in [9.17, 15) is 23.1 Å². The Labute approximate surface area is 234 Å². The highest BCUT2D eigenvalue weighted by Gasteiger charge is 2.35. The lowest BCUT2D eigenvalue weighted by Gasteiger charge is -2.38. The smallest absolute Gasteiger partial charge is 0.261 e. The summed E-state index contributed by atoms with van der Waals surface area (Å²) in [7, 11) is -0.725. The molecule has 1 aliphatic rings. The highest BCUT2D eigenvalue weighted by Crippen LogP contribution is 2.31. The zero-order chi connectivity index (χ0) is 29.0. The van der Waals surface area contributed by atoms with Crippen molar-refractivity contribution in [2.75, 3.05) is 32.1 Å². The van der Waals surface area contributed by atoms with Crippen LogP contribution in [-0.4, -0.2) is 83.0 Å². The van der Waals surface area contributed by atoms with Gasteiger partial charge in [-0.25, -0.2) is 13.4 Å². The van der Waals surface area contributed by atoms with Gasteiger partial charge in [0.05, 0.1) is 37.5 Å². The monoisotopic (exact) mass is 569 g/mol. The molecule has 2 amide bonds. The van der Waals surface area contributed by atoms with E-state index >= 15 is 0 Å².